The SMILES string of the molecule is O=C(c1cc2ccccc2oc1=O)N1CCCN(Cc2cccs2)CC1. The van der Waals surface area contributed by atoms with E-state index in [0.717, 1.165) is 31.4 Å². The van der Waals surface area contributed by atoms with Gasteiger partial charge < -0.3 is 9.32 Å². The smallest absolute Gasteiger partial charge is 0.349 e. The van der Waals surface area contributed by atoms with Gasteiger partial charge >= 0.3 is 5.63 Å². The van der Waals surface area contributed by atoms with Gasteiger partial charge in [0.15, 0.2) is 0 Å². The number of hydrogen-bond acceptors (Lipinski definition) is 5. The summed E-state index contributed by atoms with van der Waals surface area (Å²) in [6.07, 6.45) is 0.899. The first-order valence-electron chi connectivity index (χ1n) is 8.77. The number of hydrogen-bond donors (Lipinski definition) is 0. The Hall–Kier alpha value is -2.44. The van der Waals surface area contributed by atoms with E-state index in [1.807, 2.05) is 18.2 Å². The first kappa shape index (κ1) is 17.0. The number of benzene rings is 1. The van der Waals surface area contributed by atoms with E-state index >= 15 is 0 Å². The molecule has 1 fully saturated rings. The van der Waals surface area contributed by atoms with E-state index in [1.54, 1.807) is 28.4 Å². The number of amides is 1. The van der Waals surface area contributed by atoms with Crippen LogP contribution in [0.1, 0.15) is 21.7 Å². The maximum Gasteiger partial charge on any atom is 0.349 e. The van der Waals surface area contributed by atoms with Gasteiger partial charge in [-0.2, -0.15) is 0 Å². The van der Waals surface area contributed by atoms with Crippen LogP contribution in [0.5, 0.6) is 0 Å². The van der Waals surface area contributed by atoms with Gasteiger partial charge in [-0.15, -0.1) is 11.3 Å². The molecule has 1 aliphatic heterocycles. The van der Waals surface area contributed by atoms with Crippen molar-refractivity contribution in [2.75, 3.05) is 26.2 Å². The molecule has 1 aliphatic rings. The first-order chi connectivity index (χ1) is 12.7. The van der Waals surface area contributed by atoms with Crippen LogP contribution < -0.4 is 5.63 Å². The quantitative estimate of drug-likeness (QED) is 0.666. The molecular formula is C20H20N2O3S. The largest absolute Gasteiger partial charge is 0.422 e. The molecule has 5 nitrogen and oxygen atoms in total. The fraction of sp³-hybridized carbons (Fsp3) is 0.300. The van der Waals surface area contributed by atoms with Gasteiger partial charge in [0, 0.05) is 43.0 Å². The molecule has 3 heterocycles. The number of fused-ring (bicyclic) bond motifs is 1. The Labute approximate surface area is 155 Å². The third-order valence-electron chi connectivity index (χ3n) is 4.71. The lowest BCUT2D eigenvalue weighted by Gasteiger charge is -2.21. The highest BCUT2D eigenvalue weighted by atomic mass is 32.1. The molecular weight excluding hydrogens is 348 g/mol. The van der Waals surface area contributed by atoms with E-state index in [1.165, 1.54) is 4.88 Å². The highest BCUT2D eigenvalue weighted by molar-refractivity contribution is 7.09. The summed E-state index contributed by atoms with van der Waals surface area (Å²) in [6.45, 7) is 3.96. The number of carbonyl (C=O) groups excluding carboxylic acids is 1. The number of carbonyl (C=O) groups is 1. The van der Waals surface area contributed by atoms with Crippen LogP contribution in [0.4, 0.5) is 0 Å². The van der Waals surface area contributed by atoms with Crippen LogP contribution in [0, 0.1) is 0 Å². The Balaban J connectivity index is 1.50. The summed E-state index contributed by atoms with van der Waals surface area (Å²) in [6, 6.07) is 13.1. The summed E-state index contributed by atoms with van der Waals surface area (Å²) in [5.41, 5.74) is 0.0656. The van der Waals surface area contributed by atoms with E-state index in [-0.39, 0.29) is 11.5 Å². The molecule has 0 aliphatic carbocycles. The minimum Gasteiger partial charge on any atom is -0.422 e. The van der Waals surface area contributed by atoms with Crippen molar-refractivity contribution in [3.05, 3.63) is 68.7 Å². The molecule has 2 aromatic heterocycles. The molecule has 3 aromatic rings. The van der Waals surface area contributed by atoms with E-state index in [4.69, 9.17) is 4.42 Å². The summed E-state index contributed by atoms with van der Waals surface area (Å²) >= 11 is 1.75. The van der Waals surface area contributed by atoms with E-state index in [9.17, 15) is 9.59 Å². The lowest BCUT2D eigenvalue weighted by atomic mass is 10.1. The van der Waals surface area contributed by atoms with Crippen LogP contribution in [0.3, 0.4) is 0 Å². The Morgan fingerprint density at radius 2 is 1.96 bits per heavy atom. The monoisotopic (exact) mass is 368 g/mol. The summed E-state index contributed by atoms with van der Waals surface area (Å²) < 4.78 is 5.32. The standard InChI is InChI=1S/C20H20N2O3S/c23-19(17-13-15-5-1-2-7-18(15)25-20(17)24)22-9-4-8-21(10-11-22)14-16-6-3-12-26-16/h1-3,5-7,12-13H,4,8-11,14H2. The van der Waals surface area contributed by atoms with Crippen molar-refractivity contribution < 1.29 is 9.21 Å². The number of nitrogens with zero attached hydrogens (tertiary/aromatic N) is 2. The Morgan fingerprint density at radius 1 is 1.08 bits per heavy atom. The minimum atomic E-state index is -0.562. The Kier molecular flexibility index (Phi) is 4.86. The lowest BCUT2D eigenvalue weighted by Crippen LogP contribution is -2.37. The molecule has 134 valence electrons. The zero-order chi connectivity index (χ0) is 17.9. The summed E-state index contributed by atoms with van der Waals surface area (Å²) in [7, 11) is 0. The van der Waals surface area contributed by atoms with Crippen LogP contribution in [0.25, 0.3) is 11.0 Å². The van der Waals surface area contributed by atoms with Crippen molar-refractivity contribution in [2.24, 2.45) is 0 Å². The molecule has 1 amide bonds. The van der Waals surface area contributed by atoms with Gasteiger partial charge in [-0.05, 0) is 30.0 Å². The molecule has 1 aromatic carbocycles. The zero-order valence-electron chi connectivity index (χ0n) is 14.4. The van der Waals surface area contributed by atoms with Crippen molar-refractivity contribution in [2.45, 2.75) is 13.0 Å². The van der Waals surface area contributed by atoms with Crippen molar-refractivity contribution in [1.82, 2.24) is 9.80 Å². The van der Waals surface area contributed by atoms with Crippen LogP contribution in [-0.2, 0) is 6.54 Å². The van der Waals surface area contributed by atoms with E-state index in [0.29, 0.717) is 18.7 Å². The summed E-state index contributed by atoms with van der Waals surface area (Å²) in [5, 5.41) is 2.85. The van der Waals surface area contributed by atoms with Crippen LogP contribution in [-0.4, -0.2) is 41.9 Å². The molecule has 26 heavy (non-hydrogen) atoms. The average Bonchev–Trinajstić information content (AvgIpc) is 3.05. The van der Waals surface area contributed by atoms with Gasteiger partial charge in [0.05, 0.1) is 0 Å². The van der Waals surface area contributed by atoms with Crippen molar-refractivity contribution in [3.63, 3.8) is 0 Å². The van der Waals surface area contributed by atoms with E-state index < -0.39 is 5.63 Å². The average molecular weight is 368 g/mol. The third-order valence-corrected chi connectivity index (χ3v) is 5.57. The second-order valence-electron chi connectivity index (χ2n) is 6.49. The maximum absolute atomic E-state index is 12.9. The normalized spacial score (nSPS) is 15.9. The van der Waals surface area contributed by atoms with Crippen molar-refractivity contribution >= 4 is 28.2 Å². The molecule has 0 atom stereocenters. The third kappa shape index (κ3) is 3.57. The van der Waals surface area contributed by atoms with Gasteiger partial charge in [0.1, 0.15) is 11.1 Å². The lowest BCUT2D eigenvalue weighted by molar-refractivity contribution is 0.0757. The highest BCUT2D eigenvalue weighted by Gasteiger charge is 2.23. The molecule has 0 radical (unpaired) electrons. The molecule has 4 rings (SSSR count). The Morgan fingerprint density at radius 3 is 2.81 bits per heavy atom. The summed E-state index contributed by atoms with van der Waals surface area (Å²) in [4.78, 5) is 30.6. The molecule has 0 spiro atoms. The predicted octanol–water partition coefficient (Wildman–Crippen LogP) is 3.20. The van der Waals surface area contributed by atoms with Gasteiger partial charge in [0.2, 0.25) is 0 Å². The van der Waals surface area contributed by atoms with Crippen molar-refractivity contribution in [1.29, 1.82) is 0 Å². The molecule has 0 unspecified atom stereocenters. The maximum atomic E-state index is 12.9. The first-order valence-corrected chi connectivity index (χ1v) is 9.65. The fourth-order valence-electron chi connectivity index (χ4n) is 3.34. The van der Waals surface area contributed by atoms with Crippen LogP contribution in [0.2, 0.25) is 0 Å². The molecule has 1 saturated heterocycles. The van der Waals surface area contributed by atoms with Gasteiger partial charge in [-0.3, -0.25) is 9.69 Å². The van der Waals surface area contributed by atoms with Crippen LogP contribution >= 0.6 is 11.3 Å². The highest BCUT2D eigenvalue weighted by Crippen LogP contribution is 2.16. The summed E-state index contributed by atoms with van der Waals surface area (Å²) in [5.74, 6) is -0.234. The van der Waals surface area contributed by atoms with Gasteiger partial charge in [0.25, 0.3) is 5.91 Å². The Bertz CT molecular complexity index is 965. The fourth-order valence-corrected chi connectivity index (χ4v) is 4.08. The van der Waals surface area contributed by atoms with Gasteiger partial charge in [-0.25, -0.2) is 4.79 Å². The molecule has 0 saturated carbocycles. The number of para-hydroxylation sites is 1. The van der Waals surface area contributed by atoms with Crippen molar-refractivity contribution in [3.8, 4) is 0 Å². The zero-order valence-corrected chi connectivity index (χ0v) is 15.2. The van der Waals surface area contributed by atoms with Gasteiger partial charge in [-0.1, -0.05) is 24.3 Å². The number of thiophene rings is 1. The second kappa shape index (κ2) is 7.43. The molecule has 6 heteroatoms. The minimum absolute atomic E-state index is 0.121. The second-order valence-corrected chi connectivity index (χ2v) is 7.52. The number of rotatable bonds is 3. The topological polar surface area (TPSA) is 53.8 Å². The van der Waals surface area contributed by atoms with E-state index in [2.05, 4.69) is 22.4 Å². The predicted molar refractivity (Wildman–Crippen MR) is 103 cm³/mol. The van der Waals surface area contributed by atoms with Crippen LogP contribution in [0.15, 0.2) is 57.1 Å². The molecule has 0 N–H and O–H groups in total. The molecule has 0 bridgehead atoms.